The van der Waals surface area contributed by atoms with E-state index in [1.165, 1.54) is 10.4 Å². The van der Waals surface area contributed by atoms with Crippen molar-refractivity contribution < 1.29 is 22.7 Å². The number of anilines is 1. The van der Waals surface area contributed by atoms with Crippen molar-refractivity contribution in [3.05, 3.63) is 52.5 Å². The fourth-order valence-corrected chi connectivity index (χ4v) is 5.56. The van der Waals surface area contributed by atoms with E-state index >= 15 is 0 Å². The molecule has 1 saturated heterocycles. The summed E-state index contributed by atoms with van der Waals surface area (Å²) < 4.78 is 33.5. The number of halogens is 1. The van der Waals surface area contributed by atoms with E-state index in [0.29, 0.717) is 27.6 Å². The first-order chi connectivity index (χ1) is 14.7. The normalized spacial score (nSPS) is 19.4. The molecule has 0 aliphatic carbocycles. The third-order valence-electron chi connectivity index (χ3n) is 5.46. The van der Waals surface area contributed by atoms with Crippen LogP contribution in [0.5, 0.6) is 5.75 Å². The Bertz CT molecular complexity index is 1160. The summed E-state index contributed by atoms with van der Waals surface area (Å²) in [7, 11) is -3.80. The van der Waals surface area contributed by atoms with Crippen LogP contribution in [0, 0.1) is 6.92 Å². The van der Waals surface area contributed by atoms with Gasteiger partial charge in [-0.25, -0.2) is 8.42 Å². The molecule has 0 bridgehead atoms. The van der Waals surface area contributed by atoms with Crippen molar-refractivity contribution in [2.24, 2.45) is 0 Å². The van der Waals surface area contributed by atoms with Crippen molar-refractivity contribution in [1.29, 1.82) is 0 Å². The molecule has 0 saturated carbocycles. The van der Waals surface area contributed by atoms with Gasteiger partial charge < -0.3 is 15.0 Å². The lowest BCUT2D eigenvalue weighted by Gasteiger charge is -2.34. The Morgan fingerprint density at radius 1 is 1.16 bits per heavy atom. The summed E-state index contributed by atoms with van der Waals surface area (Å²) >= 11 is 6.12. The zero-order valence-corrected chi connectivity index (χ0v) is 18.7. The number of hydrogen-bond acceptors (Lipinski definition) is 5. The van der Waals surface area contributed by atoms with Gasteiger partial charge in [-0.15, -0.1) is 0 Å². The fourth-order valence-electron chi connectivity index (χ4n) is 3.70. The summed E-state index contributed by atoms with van der Waals surface area (Å²) in [6, 6.07) is 9.86. The van der Waals surface area contributed by atoms with E-state index in [1.54, 1.807) is 49.1 Å². The van der Waals surface area contributed by atoms with Crippen molar-refractivity contribution in [3.8, 4) is 5.75 Å². The first kappa shape index (κ1) is 21.6. The van der Waals surface area contributed by atoms with E-state index in [-0.39, 0.29) is 42.9 Å². The number of nitrogens with zero attached hydrogens (tertiary/aromatic N) is 2. The first-order valence-electron chi connectivity index (χ1n) is 9.84. The summed E-state index contributed by atoms with van der Waals surface area (Å²) in [5.74, 6) is -0.170. The molecule has 1 fully saturated rings. The molecule has 31 heavy (non-hydrogen) atoms. The van der Waals surface area contributed by atoms with Crippen LogP contribution in [0.4, 0.5) is 5.69 Å². The van der Waals surface area contributed by atoms with Crippen LogP contribution < -0.4 is 10.1 Å². The van der Waals surface area contributed by atoms with Crippen LogP contribution in [0.25, 0.3) is 0 Å². The lowest BCUT2D eigenvalue weighted by molar-refractivity contribution is -0.122. The number of hydrogen-bond donors (Lipinski definition) is 1. The second-order valence-corrected chi connectivity index (χ2v) is 9.85. The number of rotatable bonds is 3. The first-order valence-corrected chi connectivity index (χ1v) is 11.7. The minimum atomic E-state index is -3.80. The number of nitrogens with one attached hydrogen (secondary N) is 1. The van der Waals surface area contributed by atoms with E-state index in [9.17, 15) is 18.0 Å². The highest BCUT2D eigenvalue weighted by atomic mass is 35.5. The van der Waals surface area contributed by atoms with Crippen LogP contribution in [0.3, 0.4) is 0 Å². The molecule has 2 aliphatic rings. The van der Waals surface area contributed by atoms with Gasteiger partial charge in [0, 0.05) is 32.2 Å². The standard InChI is InChI=1S/C21H22ClN3O5S/c1-13-11-17-18(30-14(2)20(26)23-17)12-19(13)31(28,29)25-9-7-24(8-10-25)21(27)15-5-3-4-6-16(15)22/h3-6,11-12,14H,7-10H2,1-2H3,(H,23,26)/t14-/m1/s1. The monoisotopic (exact) mass is 463 g/mol. The van der Waals surface area contributed by atoms with Gasteiger partial charge in [0.05, 0.1) is 21.2 Å². The number of ether oxygens (including phenoxy) is 1. The molecule has 0 radical (unpaired) electrons. The zero-order chi connectivity index (χ0) is 22.3. The van der Waals surface area contributed by atoms with Crippen molar-refractivity contribution in [2.45, 2.75) is 24.8 Å². The molecule has 1 N–H and O–H groups in total. The third kappa shape index (κ3) is 4.00. The van der Waals surface area contributed by atoms with E-state index in [4.69, 9.17) is 16.3 Å². The van der Waals surface area contributed by atoms with Crippen LogP contribution in [0.2, 0.25) is 5.02 Å². The molecule has 2 aromatic rings. The summed E-state index contributed by atoms with van der Waals surface area (Å²) in [5, 5.41) is 3.09. The highest BCUT2D eigenvalue weighted by Gasteiger charge is 2.33. The number of amides is 2. The van der Waals surface area contributed by atoms with Gasteiger partial charge in [0.25, 0.3) is 11.8 Å². The maximum atomic E-state index is 13.3. The van der Waals surface area contributed by atoms with Crippen LogP contribution in [0.15, 0.2) is 41.3 Å². The highest BCUT2D eigenvalue weighted by Crippen LogP contribution is 2.35. The van der Waals surface area contributed by atoms with E-state index in [0.717, 1.165) is 0 Å². The summed E-state index contributed by atoms with van der Waals surface area (Å²) in [6.07, 6.45) is -0.704. The third-order valence-corrected chi connectivity index (χ3v) is 7.83. The summed E-state index contributed by atoms with van der Waals surface area (Å²) in [4.78, 5) is 26.3. The van der Waals surface area contributed by atoms with Crippen molar-refractivity contribution in [2.75, 3.05) is 31.5 Å². The lowest BCUT2D eigenvalue weighted by Crippen LogP contribution is -2.50. The van der Waals surface area contributed by atoms with Crippen molar-refractivity contribution in [3.63, 3.8) is 0 Å². The molecular weight excluding hydrogens is 442 g/mol. The smallest absolute Gasteiger partial charge is 0.265 e. The molecule has 2 aliphatic heterocycles. The van der Waals surface area contributed by atoms with Gasteiger partial charge >= 0.3 is 0 Å². The molecule has 0 spiro atoms. The molecule has 4 rings (SSSR count). The van der Waals surface area contributed by atoms with Crippen molar-refractivity contribution in [1.82, 2.24) is 9.21 Å². The molecular formula is C21H22ClN3O5S. The SMILES string of the molecule is Cc1cc2c(cc1S(=O)(=O)N1CCN(C(=O)c3ccccc3Cl)CC1)O[C@H](C)C(=O)N2. The number of carbonyl (C=O) groups is 2. The number of aryl methyl sites for hydroxylation is 1. The largest absolute Gasteiger partial charge is 0.479 e. The predicted molar refractivity (Wildman–Crippen MR) is 116 cm³/mol. The van der Waals surface area contributed by atoms with Gasteiger partial charge in [0.1, 0.15) is 5.75 Å². The molecule has 10 heteroatoms. The van der Waals surface area contributed by atoms with Gasteiger partial charge in [-0.05, 0) is 37.6 Å². The van der Waals surface area contributed by atoms with E-state index in [1.807, 2.05) is 0 Å². The van der Waals surface area contributed by atoms with Gasteiger partial charge in [0.2, 0.25) is 10.0 Å². The average molecular weight is 464 g/mol. The Morgan fingerprint density at radius 3 is 2.52 bits per heavy atom. The van der Waals surface area contributed by atoms with Crippen LogP contribution in [-0.4, -0.2) is 61.7 Å². The quantitative estimate of drug-likeness (QED) is 0.754. The maximum Gasteiger partial charge on any atom is 0.265 e. The average Bonchev–Trinajstić information content (AvgIpc) is 2.74. The van der Waals surface area contributed by atoms with Crippen molar-refractivity contribution >= 4 is 39.1 Å². The minimum absolute atomic E-state index is 0.125. The Hall–Kier alpha value is -2.62. The second-order valence-electron chi connectivity index (χ2n) is 7.54. The van der Waals surface area contributed by atoms with Gasteiger partial charge in [0.15, 0.2) is 6.10 Å². The van der Waals surface area contributed by atoms with Crippen LogP contribution in [-0.2, 0) is 14.8 Å². The summed E-state index contributed by atoms with van der Waals surface area (Å²) in [6.45, 7) is 4.13. The summed E-state index contributed by atoms with van der Waals surface area (Å²) in [5.41, 5.74) is 1.36. The number of fused-ring (bicyclic) bond motifs is 1. The Kier molecular flexibility index (Phi) is 5.67. The molecule has 2 amide bonds. The maximum absolute atomic E-state index is 13.3. The second kappa shape index (κ2) is 8.14. The van der Waals surface area contributed by atoms with Crippen LogP contribution in [0.1, 0.15) is 22.8 Å². The Labute approximate surface area is 185 Å². The number of benzene rings is 2. The molecule has 2 aromatic carbocycles. The van der Waals surface area contributed by atoms with E-state index in [2.05, 4.69) is 5.32 Å². The van der Waals surface area contributed by atoms with Gasteiger partial charge in [-0.1, -0.05) is 23.7 Å². The van der Waals surface area contributed by atoms with E-state index < -0.39 is 16.1 Å². The molecule has 164 valence electrons. The molecule has 8 nitrogen and oxygen atoms in total. The topological polar surface area (TPSA) is 96.0 Å². The highest BCUT2D eigenvalue weighted by molar-refractivity contribution is 7.89. The molecule has 0 aromatic heterocycles. The minimum Gasteiger partial charge on any atom is -0.479 e. The number of carbonyl (C=O) groups excluding carboxylic acids is 2. The van der Waals surface area contributed by atoms with Gasteiger partial charge in [-0.2, -0.15) is 4.31 Å². The lowest BCUT2D eigenvalue weighted by atomic mass is 10.1. The Morgan fingerprint density at radius 2 is 1.84 bits per heavy atom. The molecule has 2 heterocycles. The molecule has 0 unspecified atom stereocenters. The Balaban J connectivity index is 1.52. The fraction of sp³-hybridized carbons (Fsp3) is 0.333. The molecule has 1 atom stereocenters. The van der Waals surface area contributed by atoms with Gasteiger partial charge in [-0.3, -0.25) is 9.59 Å². The number of sulfonamides is 1. The zero-order valence-electron chi connectivity index (χ0n) is 17.1. The van der Waals surface area contributed by atoms with Crippen LogP contribution >= 0.6 is 11.6 Å². The number of piperazine rings is 1. The predicted octanol–water partition coefficient (Wildman–Crippen LogP) is 2.51.